The standard InChI is InChI=1S/C19H23N3O2/c1-15(18-8-4-5-9-20-18)21-19(23)17-7-3-2-6-16(17)14-22-10-12-24-13-11-22/h2-9,15H,10-14H2,1H3,(H,21,23)/t15-/m1/s1. The summed E-state index contributed by atoms with van der Waals surface area (Å²) in [7, 11) is 0. The summed E-state index contributed by atoms with van der Waals surface area (Å²) in [5.41, 5.74) is 2.63. The fraction of sp³-hybridized carbons (Fsp3) is 0.368. The summed E-state index contributed by atoms with van der Waals surface area (Å²) in [6.07, 6.45) is 1.74. The van der Waals surface area contributed by atoms with Crippen molar-refractivity contribution in [2.24, 2.45) is 0 Å². The van der Waals surface area contributed by atoms with Crippen molar-refractivity contribution in [3.8, 4) is 0 Å². The van der Waals surface area contributed by atoms with Crippen molar-refractivity contribution in [1.29, 1.82) is 0 Å². The molecular formula is C19H23N3O2. The lowest BCUT2D eigenvalue weighted by atomic mass is 10.1. The lowest BCUT2D eigenvalue weighted by Crippen LogP contribution is -2.36. The molecule has 0 aliphatic carbocycles. The molecule has 0 bridgehead atoms. The van der Waals surface area contributed by atoms with Gasteiger partial charge in [-0.05, 0) is 30.7 Å². The second-order valence-corrected chi connectivity index (χ2v) is 6.00. The Morgan fingerprint density at radius 1 is 1.21 bits per heavy atom. The van der Waals surface area contributed by atoms with E-state index in [2.05, 4.69) is 15.2 Å². The Hall–Kier alpha value is -2.24. The fourth-order valence-electron chi connectivity index (χ4n) is 2.86. The third-order valence-corrected chi connectivity index (χ3v) is 4.24. The number of pyridine rings is 1. The molecule has 5 heteroatoms. The maximum Gasteiger partial charge on any atom is 0.252 e. The molecule has 24 heavy (non-hydrogen) atoms. The molecule has 2 aromatic rings. The van der Waals surface area contributed by atoms with E-state index in [9.17, 15) is 4.79 Å². The van der Waals surface area contributed by atoms with Gasteiger partial charge in [-0.3, -0.25) is 14.7 Å². The van der Waals surface area contributed by atoms with Gasteiger partial charge in [-0.1, -0.05) is 24.3 Å². The van der Waals surface area contributed by atoms with E-state index < -0.39 is 0 Å². The van der Waals surface area contributed by atoms with Gasteiger partial charge in [0.15, 0.2) is 0 Å². The highest BCUT2D eigenvalue weighted by Crippen LogP contribution is 2.15. The van der Waals surface area contributed by atoms with Gasteiger partial charge in [-0.2, -0.15) is 0 Å². The quantitative estimate of drug-likeness (QED) is 0.917. The highest BCUT2D eigenvalue weighted by atomic mass is 16.5. The third-order valence-electron chi connectivity index (χ3n) is 4.24. The summed E-state index contributed by atoms with van der Waals surface area (Å²) in [6.45, 7) is 6.03. The Kier molecular flexibility index (Phi) is 5.56. The normalized spacial score (nSPS) is 16.5. The van der Waals surface area contributed by atoms with Crippen LogP contribution >= 0.6 is 0 Å². The molecule has 1 aliphatic rings. The minimum absolute atomic E-state index is 0.0583. The lowest BCUT2D eigenvalue weighted by Gasteiger charge is -2.27. The number of amides is 1. The summed E-state index contributed by atoms with van der Waals surface area (Å²) >= 11 is 0. The monoisotopic (exact) mass is 325 g/mol. The van der Waals surface area contributed by atoms with Crippen LogP contribution in [0.2, 0.25) is 0 Å². The van der Waals surface area contributed by atoms with Gasteiger partial charge in [-0.15, -0.1) is 0 Å². The topological polar surface area (TPSA) is 54.5 Å². The van der Waals surface area contributed by atoms with Crippen molar-refractivity contribution < 1.29 is 9.53 Å². The zero-order valence-electron chi connectivity index (χ0n) is 13.9. The smallest absolute Gasteiger partial charge is 0.252 e. The molecule has 1 aliphatic heterocycles. The number of hydrogen-bond donors (Lipinski definition) is 1. The maximum atomic E-state index is 12.7. The number of nitrogens with one attached hydrogen (secondary N) is 1. The number of benzene rings is 1. The second kappa shape index (κ2) is 8.04. The minimum Gasteiger partial charge on any atom is -0.379 e. The summed E-state index contributed by atoms with van der Waals surface area (Å²) in [4.78, 5) is 19.3. The van der Waals surface area contributed by atoms with Gasteiger partial charge in [0.2, 0.25) is 0 Å². The maximum absolute atomic E-state index is 12.7. The zero-order valence-corrected chi connectivity index (χ0v) is 13.9. The van der Waals surface area contributed by atoms with Crippen molar-refractivity contribution >= 4 is 5.91 Å². The average Bonchev–Trinajstić information content (AvgIpc) is 2.63. The Bertz CT molecular complexity index is 669. The van der Waals surface area contributed by atoms with E-state index in [1.54, 1.807) is 6.20 Å². The molecule has 1 atom stereocenters. The van der Waals surface area contributed by atoms with Gasteiger partial charge in [0.05, 0.1) is 24.9 Å². The van der Waals surface area contributed by atoms with Crippen LogP contribution in [0.5, 0.6) is 0 Å². The number of rotatable bonds is 5. The Balaban J connectivity index is 1.70. The SMILES string of the molecule is C[C@@H](NC(=O)c1ccccc1CN1CCOCC1)c1ccccn1. The first-order valence-corrected chi connectivity index (χ1v) is 8.34. The van der Waals surface area contributed by atoms with E-state index in [0.717, 1.165) is 49.7 Å². The van der Waals surface area contributed by atoms with Crippen molar-refractivity contribution in [3.05, 3.63) is 65.5 Å². The molecule has 1 amide bonds. The van der Waals surface area contributed by atoms with Crippen LogP contribution in [-0.4, -0.2) is 42.1 Å². The molecule has 1 fully saturated rings. The largest absolute Gasteiger partial charge is 0.379 e. The number of carbonyl (C=O) groups is 1. The van der Waals surface area contributed by atoms with Crippen molar-refractivity contribution in [2.45, 2.75) is 19.5 Å². The van der Waals surface area contributed by atoms with Gasteiger partial charge >= 0.3 is 0 Å². The van der Waals surface area contributed by atoms with Crippen molar-refractivity contribution in [3.63, 3.8) is 0 Å². The first-order valence-electron chi connectivity index (χ1n) is 8.34. The molecule has 0 unspecified atom stereocenters. The van der Waals surface area contributed by atoms with Crippen LogP contribution in [0.3, 0.4) is 0 Å². The molecule has 5 nitrogen and oxygen atoms in total. The first-order chi connectivity index (χ1) is 11.7. The van der Waals surface area contributed by atoms with Crippen LogP contribution in [0.25, 0.3) is 0 Å². The number of carbonyl (C=O) groups excluding carboxylic acids is 1. The van der Waals surface area contributed by atoms with Crippen LogP contribution in [0.4, 0.5) is 0 Å². The van der Waals surface area contributed by atoms with Gasteiger partial charge in [0, 0.05) is 31.4 Å². The summed E-state index contributed by atoms with van der Waals surface area (Å²) < 4.78 is 5.39. The second-order valence-electron chi connectivity index (χ2n) is 6.00. The molecule has 3 rings (SSSR count). The number of aromatic nitrogens is 1. The average molecular weight is 325 g/mol. The highest BCUT2D eigenvalue weighted by molar-refractivity contribution is 5.95. The van der Waals surface area contributed by atoms with Crippen molar-refractivity contribution in [2.75, 3.05) is 26.3 Å². The minimum atomic E-state index is -0.129. The highest BCUT2D eigenvalue weighted by Gasteiger charge is 2.18. The molecule has 126 valence electrons. The Morgan fingerprint density at radius 2 is 1.96 bits per heavy atom. The number of hydrogen-bond acceptors (Lipinski definition) is 4. The van der Waals surface area contributed by atoms with Crippen LogP contribution in [0.15, 0.2) is 48.7 Å². The summed E-state index contributed by atoms with van der Waals surface area (Å²) in [6, 6.07) is 13.4. The molecule has 1 saturated heterocycles. The fourth-order valence-corrected chi connectivity index (χ4v) is 2.86. The van der Waals surface area contributed by atoms with Gasteiger partial charge in [0.1, 0.15) is 0 Å². The molecule has 0 radical (unpaired) electrons. The predicted molar refractivity (Wildman–Crippen MR) is 92.7 cm³/mol. The van der Waals surface area contributed by atoms with Gasteiger partial charge in [0.25, 0.3) is 5.91 Å². The molecule has 0 saturated carbocycles. The van der Waals surface area contributed by atoms with E-state index in [1.165, 1.54) is 0 Å². The van der Waals surface area contributed by atoms with Crippen molar-refractivity contribution in [1.82, 2.24) is 15.2 Å². The van der Waals surface area contributed by atoms with E-state index >= 15 is 0 Å². The number of ether oxygens (including phenoxy) is 1. The Morgan fingerprint density at radius 3 is 2.71 bits per heavy atom. The lowest BCUT2D eigenvalue weighted by molar-refractivity contribution is 0.0340. The van der Waals surface area contributed by atoms with E-state index in [1.807, 2.05) is 49.4 Å². The molecule has 2 heterocycles. The number of morpholine rings is 1. The van der Waals surface area contributed by atoms with Crippen LogP contribution in [0, 0.1) is 0 Å². The summed E-state index contributed by atoms with van der Waals surface area (Å²) in [5, 5.41) is 3.05. The molecule has 1 N–H and O–H groups in total. The third kappa shape index (κ3) is 4.19. The first kappa shape index (κ1) is 16.6. The van der Waals surface area contributed by atoms with E-state index in [-0.39, 0.29) is 11.9 Å². The zero-order chi connectivity index (χ0) is 16.8. The van der Waals surface area contributed by atoms with Crippen LogP contribution in [-0.2, 0) is 11.3 Å². The van der Waals surface area contributed by atoms with E-state index in [0.29, 0.717) is 0 Å². The predicted octanol–water partition coefficient (Wildman–Crippen LogP) is 2.40. The van der Waals surface area contributed by atoms with Crippen LogP contribution in [0.1, 0.15) is 34.6 Å². The van der Waals surface area contributed by atoms with Crippen LogP contribution < -0.4 is 5.32 Å². The molecule has 1 aromatic heterocycles. The number of nitrogens with zero attached hydrogens (tertiary/aromatic N) is 2. The van der Waals surface area contributed by atoms with E-state index in [4.69, 9.17) is 4.74 Å². The molecular weight excluding hydrogens is 302 g/mol. The Labute approximate surface area is 142 Å². The summed E-state index contributed by atoms with van der Waals surface area (Å²) in [5.74, 6) is -0.0583. The molecule has 0 spiro atoms. The van der Waals surface area contributed by atoms with Gasteiger partial charge in [-0.25, -0.2) is 0 Å². The molecule has 1 aromatic carbocycles. The van der Waals surface area contributed by atoms with Gasteiger partial charge < -0.3 is 10.1 Å².